The van der Waals surface area contributed by atoms with Gasteiger partial charge in [-0.05, 0) is 60.3 Å². The fourth-order valence-corrected chi connectivity index (χ4v) is 4.63. The van der Waals surface area contributed by atoms with Gasteiger partial charge in [-0.1, -0.05) is 36.4 Å². The molecule has 2 fully saturated rings. The molecule has 0 saturated heterocycles. The summed E-state index contributed by atoms with van der Waals surface area (Å²) in [4.78, 5) is 10.3. The fraction of sp³-hybridized carbons (Fsp3) is 0.381. The lowest BCUT2D eigenvalue weighted by Crippen LogP contribution is -2.25. The number of carbonyl (C=O) groups is 1. The van der Waals surface area contributed by atoms with E-state index in [1.165, 1.54) is 41.7 Å². The zero-order valence-electron chi connectivity index (χ0n) is 15.7. The van der Waals surface area contributed by atoms with E-state index in [-0.39, 0.29) is 0 Å². The maximum absolute atomic E-state index is 8.94. The molecule has 2 aromatic rings. The van der Waals surface area contributed by atoms with Gasteiger partial charge in [0.1, 0.15) is 0 Å². The first kappa shape index (κ1) is 19.7. The molecule has 0 heterocycles. The second-order valence-electron chi connectivity index (χ2n) is 7.13. The summed E-state index contributed by atoms with van der Waals surface area (Å²) in [5, 5.41) is 1.76. The Morgan fingerprint density at radius 1 is 1.07 bits per heavy atom. The Morgan fingerprint density at radius 3 is 2.26 bits per heavy atom. The summed E-state index contributed by atoms with van der Waals surface area (Å²) in [5.41, 5.74) is 7.46. The number of hydrogen-bond acceptors (Lipinski definition) is 5. The van der Waals surface area contributed by atoms with Crippen LogP contribution in [0.15, 0.2) is 47.4 Å². The van der Waals surface area contributed by atoms with E-state index in [0.29, 0.717) is 6.41 Å². The van der Waals surface area contributed by atoms with Crippen molar-refractivity contribution in [3.05, 3.63) is 59.2 Å². The van der Waals surface area contributed by atoms with Crippen molar-refractivity contribution in [2.24, 2.45) is 11.7 Å². The number of hydrazine groups is 2. The Bertz CT molecular complexity index is 752. The largest absolute Gasteiger partial charge is 0.313 e. The maximum Gasteiger partial charge on any atom is 0.221 e. The van der Waals surface area contributed by atoms with E-state index >= 15 is 0 Å². The molecule has 0 spiro atoms. The highest BCUT2D eigenvalue weighted by atomic mass is 32.2. The van der Waals surface area contributed by atoms with Crippen molar-refractivity contribution >= 4 is 23.9 Å². The number of nitrogens with two attached hydrogens (primary N) is 2. The zero-order valence-corrected chi connectivity index (χ0v) is 16.5. The van der Waals surface area contributed by atoms with Crippen molar-refractivity contribution in [3.63, 3.8) is 0 Å². The minimum atomic E-state index is 0.403. The maximum atomic E-state index is 8.94. The van der Waals surface area contributed by atoms with Crippen LogP contribution in [0.2, 0.25) is 0 Å². The first-order valence-corrected chi connectivity index (χ1v) is 10.4. The molecule has 0 radical (unpaired) electrons. The molecule has 2 aliphatic rings. The Labute approximate surface area is 165 Å². The topological polar surface area (TPSA) is 84.4 Å². The molecule has 2 aromatic carbocycles. The number of benzene rings is 2. The lowest BCUT2D eigenvalue weighted by Gasteiger charge is -2.20. The number of nitrogens with zero attached hydrogens (tertiary/aromatic N) is 1. The third-order valence-corrected chi connectivity index (χ3v) is 6.12. The highest BCUT2D eigenvalue weighted by molar-refractivity contribution is 7.98. The van der Waals surface area contributed by atoms with E-state index in [1.54, 1.807) is 16.0 Å². The molecule has 5 N–H and O–H groups in total. The molecule has 1 amide bonds. The lowest BCUT2D eigenvalue weighted by atomic mass is 10.1. The minimum Gasteiger partial charge on any atom is -0.313 e. The molecule has 0 unspecified atom stereocenters. The van der Waals surface area contributed by atoms with E-state index in [4.69, 9.17) is 10.6 Å². The molecule has 27 heavy (non-hydrogen) atoms. The standard InChI is InChI=1S/C20H24N2S.CH4N2O/c1-22(21)19-8-4-7-18(15-11-12-15)20(19)23-13-16-5-2-3-6-17(16)14-9-10-14;2-3-1-4/h2-8,14-15H,9-13,21H2,1H3;1H,2H2,(H,3,4). The number of rotatable bonds is 7. The second kappa shape index (κ2) is 9.26. The van der Waals surface area contributed by atoms with Gasteiger partial charge in [0.05, 0.1) is 5.69 Å². The number of hydrogen-bond donors (Lipinski definition) is 3. The highest BCUT2D eigenvalue weighted by Crippen LogP contribution is 2.48. The molecule has 0 aliphatic heterocycles. The van der Waals surface area contributed by atoms with Crippen molar-refractivity contribution in [2.75, 3.05) is 12.1 Å². The van der Waals surface area contributed by atoms with Crippen molar-refractivity contribution in [3.8, 4) is 0 Å². The molecule has 144 valence electrons. The summed E-state index contributed by atoms with van der Waals surface area (Å²) in [6.07, 6.45) is 5.77. The molecule has 4 rings (SSSR count). The summed E-state index contributed by atoms with van der Waals surface area (Å²) in [6, 6.07) is 15.5. The van der Waals surface area contributed by atoms with E-state index in [9.17, 15) is 0 Å². The van der Waals surface area contributed by atoms with Gasteiger partial charge in [-0.25, -0.2) is 11.7 Å². The summed E-state index contributed by atoms with van der Waals surface area (Å²) < 4.78 is 0. The van der Waals surface area contributed by atoms with Crippen LogP contribution in [-0.4, -0.2) is 13.5 Å². The molecule has 2 saturated carbocycles. The summed E-state index contributed by atoms with van der Waals surface area (Å²) in [7, 11) is 1.94. The van der Waals surface area contributed by atoms with Gasteiger partial charge in [-0.3, -0.25) is 10.2 Å². The van der Waals surface area contributed by atoms with Crippen LogP contribution in [0.25, 0.3) is 0 Å². The molecule has 0 bridgehead atoms. The van der Waals surface area contributed by atoms with Gasteiger partial charge in [-0.15, -0.1) is 11.8 Å². The molecule has 2 aliphatic carbocycles. The summed E-state index contributed by atoms with van der Waals surface area (Å²) >= 11 is 1.96. The Kier molecular flexibility index (Phi) is 6.77. The number of amides is 1. The molecular weight excluding hydrogens is 356 g/mol. The quantitative estimate of drug-likeness (QED) is 0.223. The Balaban J connectivity index is 0.000000481. The monoisotopic (exact) mass is 384 g/mol. The van der Waals surface area contributed by atoms with Crippen molar-refractivity contribution in [2.45, 2.75) is 48.2 Å². The van der Waals surface area contributed by atoms with E-state index in [0.717, 1.165) is 23.3 Å². The van der Waals surface area contributed by atoms with Crippen molar-refractivity contribution in [1.82, 2.24) is 5.43 Å². The van der Waals surface area contributed by atoms with Gasteiger partial charge in [0.25, 0.3) is 0 Å². The smallest absolute Gasteiger partial charge is 0.221 e. The van der Waals surface area contributed by atoms with E-state index in [1.807, 2.05) is 18.8 Å². The van der Waals surface area contributed by atoms with E-state index < -0.39 is 0 Å². The van der Waals surface area contributed by atoms with Crippen molar-refractivity contribution in [1.29, 1.82) is 0 Å². The van der Waals surface area contributed by atoms with Gasteiger partial charge in [0, 0.05) is 17.7 Å². The van der Waals surface area contributed by atoms with Crippen LogP contribution < -0.4 is 22.1 Å². The molecule has 0 aromatic heterocycles. The predicted octanol–water partition coefficient (Wildman–Crippen LogP) is 3.65. The third-order valence-electron chi connectivity index (χ3n) is 4.93. The Morgan fingerprint density at radius 2 is 1.67 bits per heavy atom. The van der Waals surface area contributed by atoms with Crippen LogP contribution >= 0.6 is 11.8 Å². The average molecular weight is 385 g/mol. The van der Waals surface area contributed by atoms with E-state index in [2.05, 4.69) is 48.3 Å². The SMILES string of the molecule is CN(N)c1cccc(C2CC2)c1SCc1ccccc1C1CC1.NNC=O. The van der Waals surface area contributed by atoms with Crippen LogP contribution in [0, 0.1) is 0 Å². The molecular formula is C21H28N4OS. The zero-order chi connectivity index (χ0) is 19.2. The van der Waals surface area contributed by atoms with Crippen LogP contribution in [0.5, 0.6) is 0 Å². The first-order chi connectivity index (χ1) is 13.2. The number of nitrogens with one attached hydrogen (secondary N) is 1. The molecule has 6 heteroatoms. The van der Waals surface area contributed by atoms with Crippen LogP contribution in [0.3, 0.4) is 0 Å². The lowest BCUT2D eigenvalue weighted by molar-refractivity contribution is -0.109. The van der Waals surface area contributed by atoms with Gasteiger partial charge >= 0.3 is 0 Å². The summed E-state index contributed by atoms with van der Waals surface area (Å²) in [5.74, 6) is 13.1. The molecule has 5 nitrogen and oxygen atoms in total. The number of thioether (sulfide) groups is 1. The van der Waals surface area contributed by atoms with Gasteiger partial charge < -0.3 is 5.01 Å². The number of carbonyl (C=O) groups excluding carboxylic acids is 1. The fourth-order valence-electron chi connectivity index (χ4n) is 3.30. The highest BCUT2D eigenvalue weighted by Gasteiger charge is 2.29. The van der Waals surface area contributed by atoms with Gasteiger partial charge in [-0.2, -0.15) is 0 Å². The Hall–Kier alpha value is -2.02. The van der Waals surface area contributed by atoms with Gasteiger partial charge in [0.15, 0.2) is 0 Å². The number of anilines is 1. The van der Waals surface area contributed by atoms with Gasteiger partial charge in [0.2, 0.25) is 6.41 Å². The van der Waals surface area contributed by atoms with Crippen LogP contribution in [-0.2, 0) is 10.5 Å². The summed E-state index contributed by atoms with van der Waals surface area (Å²) in [6.45, 7) is 0. The second-order valence-corrected chi connectivity index (χ2v) is 8.11. The first-order valence-electron chi connectivity index (χ1n) is 9.37. The third kappa shape index (κ3) is 5.25. The molecule has 0 atom stereocenters. The van der Waals surface area contributed by atoms with Crippen LogP contribution in [0.4, 0.5) is 5.69 Å². The predicted molar refractivity (Wildman–Crippen MR) is 112 cm³/mol. The average Bonchev–Trinajstić information content (AvgIpc) is 3.59. The van der Waals surface area contributed by atoms with Crippen molar-refractivity contribution < 1.29 is 4.79 Å². The van der Waals surface area contributed by atoms with Crippen LogP contribution in [0.1, 0.15) is 54.2 Å². The minimum absolute atomic E-state index is 0.403. The normalized spacial score (nSPS) is 15.5.